The summed E-state index contributed by atoms with van der Waals surface area (Å²) < 4.78 is 22.6. The molecule has 5 nitrogen and oxygen atoms in total. The number of benzene rings is 1. The second-order valence-corrected chi connectivity index (χ2v) is 12.0. The molecule has 0 saturated heterocycles. The summed E-state index contributed by atoms with van der Waals surface area (Å²) in [5.41, 5.74) is 0. The predicted molar refractivity (Wildman–Crippen MR) is 128 cm³/mol. The van der Waals surface area contributed by atoms with Crippen molar-refractivity contribution in [3.63, 3.8) is 0 Å². The number of ketones is 1. The standard InChI is InChI=1S/C24H37O5PS/c1-28-19(18-31-20-11-7-6-8-12-20)14-15-22-21(23(25)17-24(22)29-2)13-9-4-5-10-16-30(3,26)27/h6-8,11-12,14-15,19,21-22,24H,4-5,9-10,13,16-18H2,1-3H3,(H,26,27)/b15-14+/t19?,21-,22-,24?/m1/s1. The van der Waals surface area contributed by atoms with Crippen molar-refractivity contribution in [3.05, 3.63) is 42.5 Å². The van der Waals surface area contributed by atoms with Gasteiger partial charge in [0.15, 0.2) is 7.37 Å². The Morgan fingerprint density at radius 2 is 1.90 bits per heavy atom. The second-order valence-electron chi connectivity index (χ2n) is 8.39. The molecule has 174 valence electrons. The maximum Gasteiger partial charge on any atom is 0.197 e. The molecular weight excluding hydrogens is 431 g/mol. The van der Waals surface area contributed by atoms with Crippen LogP contribution in [-0.2, 0) is 18.8 Å². The van der Waals surface area contributed by atoms with Gasteiger partial charge in [0.2, 0.25) is 0 Å². The summed E-state index contributed by atoms with van der Waals surface area (Å²) in [6.07, 6.45) is 9.42. The summed E-state index contributed by atoms with van der Waals surface area (Å²) >= 11 is 1.75. The normalized spacial score (nSPS) is 24.5. The lowest BCUT2D eigenvalue weighted by Gasteiger charge is -2.21. The molecule has 0 spiro atoms. The SMILES string of the molecule is COC(/C=C/[C@H]1C(OC)CC(=O)[C@@H]1CCCCCCP(C)(=O)O)CSc1ccccc1. The van der Waals surface area contributed by atoms with Crippen LogP contribution in [0.1, 0.15) is 38.5 Å². The van der Waals surface area contributed by atoms with Crippen LogP contribution in [0.4, 0.5) is 0 Å². The molecule has 1 aliphatic rings. The Balaban J connectivity index is 1.87. The first-order chi connectivity index (χ1) is 14.8. The fourth-order valence-electron chi connectivity index (χ4n) is 4.08. The zero-order chi connectivity index (χ0) is 22.7. The monoisotopic (exact) mass is 468 g/mol. The summed E-state index contributed by atoms with van der Waals surface area (Å²) in [5.74, 6) is 1.15. The minimum atomic E-state index is -2.91. The van der Waals surface area contributed by atoms with Crippen LogP contribution < -0.4 is 0 Å². The second kappa shape index (κ2) is 13.6. The molecule has 31 heavy (non-hydrogen) atoms. The van der Waals surface area contributed by atoms with Crippen LogP contribution in [0.5, 0.6) is 0 Å². The van der Waals surface area contributed by atoms with E-state index in [0.29, 0.717) is 12.6 Å². The lowest BCUT2D eigenvalue weighted by atomic mass is 9.88. The van der Waals surface area contributed by atoms with E-state index in [1.54, 1.807) is 26.0 Å². The number of ether oxygens (including phenoxy) is 2. The maximum atomic E-state index is 12.6. The summed E-state index contributed by atoms with van der Waals surface area (Å²) in [6.45, 7) is 1.41. The number of Topliss-reactive ketones (excluding diaryl/α,β-unsaturated/α-hetero) is 1. The van der Waals surface area contributed by atoms with E-state index >= 15 is 0 Å². The Kier molecular flexibility index (Phi) is 11.6. The number of carbonyl (C=O) groups excluding carboxylic acids is 1. The van der Waals surface area contributed by atoms with E-state index in [4.69, 9.17) is 9.47 Å². The van der Waals surface area contributed by atoms with Gasteiger partial charge in [0.05, 0.1) is 12.2 Å². The third kappa shape index (κ3) is 9.63. The van der Waals surface area contributed by atoms with Crippen LogP contribution in [0.2, 0.25) is 0 Å². The van der Waals surface area contributed by atoms with Crippen molar-refractivity contribution in [1.82, 2.24) is 0 Å². The van der Waals surface area contributed by atoms with Crippen molar-refractivity contribution in [2.24, 2.45) is 11.8 Å². The predicted octanol–water partition coefficient (Wildman–Crippen LogP) is 5.42. The molecule has 1 N–H and O–H groups in total. The van der Waals surface area contributed by atoms with Crippen LogP contribution in [0.25, 0.3) is 0 Å². The number of rotatable bonds is 14. The first-order valence-corrected chi connectivity index (χ1v) is 14.4. The first-order valence-electron chi connectivity index (χ1n) is 11.1. The van der Waals surface area contributed by atoms with E-state index in [0.717, 1.165) is 37.9 Å². The Morgan fingerprint density at radius 1 is 1.19 bits per heavy atom. The highest BCUT2D eigenvalue weighted by Crippen LogP contribution is 2.38. The molecular formula is C24H37O5PS. The van der Waals surface area contributed by atoms with E-state index in [2.05, 4.69) is 24.3 Å². The third-order valence-corrected chi connectivity index (χ3v) is 8.11. The van der Waals surface area contributed by atoms with Gasteiger partial charge in [0.1, 0.15) is 5.78 Å². The fraction of sp³-hybridized carbons (Fsp3) is 0.625. The lowest BCUT2D eigenvalue weighted by molar-refractivity contribution is -0.121. The van der Waals surface area contributed by atoms with Crippen LogP contribution >= 0.6 is 19.1 Å². The summed E-state index contributed by atoms with van der Waals surface area (Å²) in [4.78, 5) is 23.2. The lowest BCUT2D eigenvalue weighted by Crippen LogP contribution is -2.21. The van der Waals surface area contributed by atoms with Crippen molar-refractivity contribution >= 4 is 24.9 Å². The molecule has 0 aliphatic heterocycles. The number of carbonyl (C=O) groups is 1. The van der Waals surface area contributed by atoms with Crippen LogP contribution in [0.3, 0.4) is 0 Å². The highest BCUT2D eigenvalue weighted by atomic mass is 32.2. The van der Waals surface area contributed by atoms with Gasteiger partial charge >= 0.3 is 0 Å². The van der Waals surface area contributed by atoms with E-state index in [1.165, 1.54) is 11.6 Å². The van der Waals surface area contributed by atoms with Gasteiger partial charge in [-0.05, 0) is 25.0 Å². The van der Waals surface area contributed by atoms with Crippen molar-refractivity contribution in [2.75, 3.05) is 32.8 Å². The van der Waals surface area contributed by atoms with Gasteiger partial charge in [-0.15, -0.1) is 11.8 Å². The number of hydrogen-bond donors (Lipinski definition) is 1. The smallest absolute Gasteiger partial charge is 0.197 e. The Bertz CT molecular complexity index is 733. The van der Waals surface area contributed by atoms with Crippen LogP contribution in [-0.4, -0.2) is 55.7 Å². The minimum Gasteiger partial charge on any atom is -0.380 e. The molecule has 5 atom stereocenters. The van der Waals surface area contributed by atoms with Gasteiger partial charge in [-0.25, -0.2) is 0 Å². The van der Waals surface area contributed by atoms with Gasteiger partial charge in [0.25, 0.3) is 0 Å². The highest BCUT2D eigenvalue weighted by molar-refractivity contribution is 7.99. The number of methoxy groups -OCH3 is 2. The molecule has 0 bridgehead atoms. The average molecular weight is 469 g/mol. The molecule has 1 aromatic carbocycles. The summed E-state index contributed by atoms with van der Waals surface area (Å²) in [6, 6.07) is 10.3. The Hall–Kier alpha value is -0.910. The largest absolute Gasteiger partial charge is 0.380 e. The van der Waals surface area contributed by atoms with Crippen molar-refractivity contribution in [3.8, 4) is 0 Å². The van der Waals surface area contributed by atoms with E-state index in [1.807, 2.05) is 18.2 Å². The fourth-order valence-corrected chi connectivity index (χ4v) is 5.85. The Morgan fingerprint density at radius 3 is 2.55 bits per heavy atom. The molecule has 1 saturated carbocycles. The van der Waals surface area contributed by atoms with Crippen molar-refractivity contribution < 1.29 is 23.7 Å². The number of unbranched alkanes of at least 4 members (excludes halogenated alkanes) is 3. The van der Waals surface area contributed by atoms with Gasteiger partial charge in [0, 0.05) is 56.0 Å². The van der Waals surface area contributed by atoms with Crippen molar-refractivity contribution in [2.45, 2.75) is 55.6 Å². The summed E-state index contributed by atoms with van der Waals surface area (Å²) in [5, 5.41) is 0. The summed E-state index contributed by atoms with van der Waals surface area (Å²) in [7, 11) is 0.486. The molecule has 0 aromatic heterocycles. The molecule has 3 unspecified atom stereocenters. The maximum absolute atomic E-state index is 12.6. The van der Waals surface area contributed by atoms with Gasteiger partial charge in [-0.1, -0.05) is 49.6 Å². The number of hydrogen-bond acceptors (Lipinski definition) is 5. The minimum absolute atomic E-state index is 0.0180. The van der Waals surface area contributed by atoms with E-state index < -0.39 is 7.37 Å². The average Bonchev–Trinajstić information content (AvgIpc) is 3.05. The van der Waals surface area contributed by atoms with Gasteiger partial charge in [-0.2, -0.15) is 0 Å². The van der Waals surface area contributed by atoms with Crippen LogP contribution in [0.15, 0.2) is 47.4 Å². The molecule has 1 fully saturated rings. The zero-order valence-electron chi connectivity index (χ0n) is 18.9. The van der Waals surface area contributed by atoms with Crippen molar-refractivity contribution in [1.29, 1.82) is 0 Å². The van der Waals surface area contributed by atoms with Gasteiger partial charge < -0.3 is 14.4 Å². The first kappa shape index (κ1) is 26.3. The molecule has 0 radical (unpaired) electrons. The topological polar surface area (TPSA) is 72.8 Å². The quantitative estimate of drug-likeness (QED) is 0.170. The van der Waals surface area contributed by atoms with Gasteiger partial charge in [-0.3, -0.25) is 9.36 Å². The van der Waals surface area contributed by atoms with E-state index in [-0.39, 0.29) is 29.8 Å². The molecule has 2 rings (SSSR count). The number of thioether (sulfide) groups is 1. The van der Waals surface area contributed by atoms with Crippen LogP contribution in [0, 0.1) is 11.8 Å². The molecule has 1 aliphatic carbocycles. The molecule has 1 aromatic rings. The Labute approximate surface area is 191 Å². The molecule has 0 amide bonds. The zero-order valence-corrected chi connectivity index (χ0v) is 20.7. The molecule has 0 heterocycles. The molecule has 7 heteroatoms. The third-order valence-electron chi connectivity index (χ3n) is 5.86. The highest BCUT2D eigenvalue weighted by Gasteiger charge is 2.40. The van der Waals surface area contributed by atoms with E-state index in [9.17, 15) is 14.3 Å².